The molecular formula is C14H14N4O. The summed E-state index contributed by atoms with van der Waals surface area (Å²) in [5, 5.41) is 4.04. The summed E-state index contributed by atoms with van der Waals surface area (Å²) in [7, 11) is 0. The van der Waals surface area contributed by atoms with Crippen LogP contribution in [0.3, 0.4) is 0 Å². The van der Waals surface area contributed by atoms with E-state index >= 15 is 0 Å². The first-order chi connectivity index (χ1) is 9.16. The van der Waals surface area contributed by atoms with Crippen molar-refractivity contribution >= 4 is 17.3 Å². The number of aromatic nitrogens is 1. The molecule has 1 amide bonds. The van der Waals surface area contributed by atoms with Gasteiger partial charge in [-0.2, -0.15) is 5.10 Å². The fourth-order valence-corrected chi connectivity index (χ4v) is 1.47. The van der Waals surface area contributed by atoms with Crippen molar-refractivity contribution in [2.24, 2.45) is 5.10 Å². The van der Waals surface area contributed by atoms with Gasteiger partial charge in [0.05, 0.1) is 5.71 Å². The molecule has 1 heterocycles. The number of nitrogens with two attached hydrogens (primary N) is 1. The van der Waals surface area contributed by atoms with Crippen molar-refractivity contribution in [2.75, 3.05) is 5.73 Å². The van der Waals surface area contributed by atoms with E-state index in [-0.39, 0.29) is 5.91 Å². The lowest BCUT2D eigenvalue weighted by Gasteiger charge is -2.03. The molecule has 1 aromatic carbocycles. The van der Waals surface area contributed by atoms with E-state index in [1.807, 2.05) is 12.1 Å². The summed E-state index contributed by atoms with van der Waals surface area (Å²) in [5.74, 6) is -0.275. The Balaban J connectivity index is 2.06. The molecule has 3 N–H and O–H groups in total. The summed E-state index contributed by atoms with van der Waals surface area (Å²) in [4.78, 5) is 15.8. The van der Waals surface area contributed by atoms with E-state index in [4.69, 9.17) is 5.73 Å². The van der Waals surface area contributed by atoms with Crippen LogP contribution in [0.1, 0.15) is 22.8 Å². The first-order valence-electron chi connectivity index (χ1n) is 5.77. The molecule has 96 valence electrons. The molecule has 2 aromatic rings. The highest BCUT2D eigenvalue weighted by Gasteiger charge is 2.04. The van der Waals surface area contributed by atoms with Crippen molar-refractivity contribution in [1.82, 2.24) is 10.4 Å². The molecule has 0 radical (unpaired) electrons. The molecule has 0 bridgehead atoms. The van der Waals surface area contributed by atoms with Gasteiger partial charge in [-0.1, -0.05) is 6.07 Å². The first kappa shape index (κ1) is 12.8. The van der Waals surface area contributed by atoms with Gasteiger partial charge in [-0.25, -0.2) is 5.43 Å². The Bertz CT molecular complexity index is 591. The number of nitrogens with one attached hydrogen (secondary N) is 1. The van der Waals surface area contributed by atoms with Gasteiger partial charge in [-0.15, -0.1) is 0 Å². The molecule has 5 heteroatoms. The highest BCUT2D eigenvalue weighted by Crippen LogP contribution is 2.05. The molecule has 0 saturated heterocycles. The normalized spacial score (nSPS) is 11.1. The lowest BCUT2D eigenvalue weighted by Crippen LogP contribution is -2.19. The molecule has 1 aromatic heterocycles. The van der Waals surface area contributed by atoms with Gasteiger partial charge in [0, 0.05) is 29.2 Å². The van der Waals surface area contributed by atoms with Crippen LogP contribution in [-0.4, -0.2) is 16.6 Å². The lowest BCUT2D eigenvalue weighted by molar-refractivity contribution is 0.0955. The van der Waals surface area contributed by atoms with Gasteiger partial charge in [0.15, 0.2) is 0 Å². The minimum absolute atomic E-state index is 0.275. The summed E-state index contributed by atoms with van der Waals surface area (Å²) in [5.41, 5.74) is 10.7. The zero-order chi connectivity index (χ0) is 13.7. The smallest absolute Gasteiger partial charge is 0.271 e. The van der Waals surface area contributed by atoms with Crippen LogP contribution in [0, 0.1) is 0 Å². The Kier molecular flexibility index (Phi) is 3.87. The van der Waals surface area contributed by atoms with E-state index < -0.39 is 0 Å². The summed E-state index contributed by atoms with van der Waals surface area (Å²) in [6, 6.07) is 10.3. The first-order valence-corrected chi connectivity index (χ1v) is 5.77. The largest absolute Gasteiger partial charge is 0.399 e. The van der Waals surface area contributed by atoms with E-state index in [2.05, 4.69) is 15.5 Å². The van der Waals surface area contributed by atoms with Crippen LogP contribution in [-0.2, 0) is 0 Å². The number of nitrogens with zero attached hydrogens (tertiary/aromatic N) is 2. The van der Waals surface area contributed by atoms with Crippen LogP contribution in [0.15, 0.2) is 53.9 Å². The van der Waals surface area contributed by atoms with Crippen LogP contribution in [0.5, 0.6) is 0 Å². The van der Waals surface area contributed by atoms with Crippen LogP contribution in [0.4, 0.5) is 5.69 Å². The third-order valence-electron chi connectivity index (χ3n) is 2.58. The van der Waals surface area contributed by atoms with Gasteiger partial charge < -0.3 is 5.73 Å². The summed E-state index contributed by atoms with van der Waals surface area (Å²) >= 11 is 0. The maximum atomic E-state index is 11.8. The summed E-state index contributed by atoms with van der Waals surface area (Å²) in [6.07, 6.45) is 3.37. The average molecular weight is 254 g/mol. The van der Waals surface area contributed by atoms with Crippen LogP contribution < -0.4 is 11.2 Å². The SMILES string of the molecule is CC(=NNC(=O)c1ccc(N)cc1)c1cccnc1. The number of hydrazone groups is 1. The number of pyridine rings is 1. The Morgan fingerprint density at radius 2 is 1.95 bits per heavy atom. The Morgan fingerprint density at radius 3 is 2.58 bits per heavy atom. The highest BCUT2D eigenvalue weighted by atomic mass is 16.2. The fraction of sp³-hybridized carbons (Fsp3) is 0.0714. The van der Waals surface area contributed by atoms with Crippen molar-refractivity contribution < 1.29 is 4.79 Å². The van der Waals surface area contributed by atoms with Crippen molar-refractivity contribution in [3.8, 4) is 0 Å². The van der Waals surface area contributed by atoms with Gasteiger partial charge >= 0.3 is 0 Å². The zero-order valence-corrected chi connectivity index (χ0v) is 10.5. The van der Waals surface area contributed by atoms with Gasteiger partial charge in [0.25, 0.3) is 5.91 Å². The lowest BCUT2D eigenvalue weighted by atomic mass is 10.2. The van der Waals surface area contributed by atoms with E-state index in [1.54, 1.807) is 43.6 Å². The Hall–Kier alpha value is -2.69. The number of anilines is 1. The van der Waals surface area contributed by atoms with Gasteiger partial charge in [-0.3, -0.25) is 9.78 Å². The molecule has 0 atom stereocenters. The maximum Gasteiger partial charge on any atom is 0.271 e. The standard InChI is InChI=1S/C14H14N4O/c1-10(12-3-2-8-16-9-12)17-18-14(19)11-4-6-13(15)7-5-11/h2-9H,15H2,1H3,(H,18,19). The monoisotopic (exact) mass is 254 g/mol. The minimum atomic E-state index is -0.275. The second-order valence-electron chi connectivity index (χ2n) is 4.00. The quantitative estimate of drug-likeness (QED) is 0.498. The van der Waals surface area contributed by atoms with Gasteiger partial charge in [-0.05, 0) is 37.3 Å². The van der Waals surface area contributed by atoms with E-state index in [1.165, 1.54) is 0 Å². The van der Waals surface area contributed by atoms with E-state index in [0.29, 0.717) is 17.0 Å². The molecule has 0 spiro atoms. The molecule has 5 nitrogen and oxygen atoms in total. The number of hydrogen-bond donors (Lipinski definition) is 2. The molecule has 2 rings (SSSR count). The number of carbonyl (C=O) groups excluding carboxylic acids is 1. The molecular weight excluding hydrogens is 240 g/mol. The van der Waals surface area contributed by atoms with E-state index in [0.717, 1.165) is 5.56 Å². The van der Waals surface area contributed by atoms with Crippen LogP contribution >= 0.6 is 0 Å². The topological polar surface area (TPSA) is 80.4 Å². The maximum absolute atomic E-state index is 11.8. The molecule has 0 aliphatic carbocycles. The van der Waals surface area contributed by atoms with Crippen LogP contribution in [0.2, 0.25) is 0 Å². The second-order valence-corrected chi connectivity index (χ2v) is 4.00. The second kappa shape index (κ2) is 5.77. The predicted octanol–water partition coefficient (Wildman–Crippen LogP) is 1.82. The van der Waals surface area contributed by atoms with Crippen molar-refractivity contribution in [2.45, 2.75) is 6.92 Å². The molecule has 0 saturated carbocycles. The van der Waals surface area contributed by atoms with Gasteiger partial charge in [0.2, 0.25) is 0 Å². The van der Waals surface area contributed by atoms with Crippen molar-refractivity contribution in [3.63, 3.8) is 0 Å². The number of carbonyl (C=O) groups is 1. The van der Waals surface area contributed by atoms with E-state index in [9.17, 15) is 4.79 Å². The summed E-state index contributed by atoms with van der Waals surface area (Å²) in [6.45, 7) is 1.81. The molecule has 0 unspecified atom stereocenters. The number of rotatable bonds is 3. The van der Waals surface area contributed by atoms with Crippen LogP contribution in [0.25, 0.3) is 0 Å². The predicted molar refractivity (Wildman–Crippen MR) is 74.8 cm³/mol. The third kappa shape index (κ3) is 3.38. The Labute approximate surface area is 111 Å². The minimum Gasteiger partial charge on any atom is -0.399 e. The zero-order valence-electron chi connectivity index (χ0n) is 10.5. The highest BCUT2D eigenvalue weighted by molar-refractivity contribution is 6.00. The molecule has 0 aliphatic rings. The molecule has 19 heavy (non-hydrogen) atoms. The number of hydrogen-bond acceptors (Lipinski definition) is 4. The van der Waals surface area contributed by atoms with Crippen molar-refractivity contribution in [1.29, 1.82) is 0 Å². The average Bonchev–Trinajstić information content (AvgIpc) is 2.46. The summed E-state index contributed by atoms with van der Waals surface area (Å²) < 4.78 is 0. The number of benzene rings is 1. The molecule has 0 aliphatic heterocycles. The molecule has 0 fully saturated rings. The Morgan fingerprint density at radius 1 is 1.21 bits per heavy atom. The third-order valence-corrected chi connectivity index (χ3v) is 2.58. The number of amides is 1. The van der Waals surface area contributed by atoms with Gasteiger partial charge in [0.1, 0.15) is 0 Å². The fourth-order valence-electron chi connectivity index (χ4n) is 1.47. The van der Waals surface area contributed by atoms with Crippen molar-refractivity contribution in [3.05, 3.63) is 59.9 Å². The number of nitrogen functional groups attached to an aromatic ring is 1.